The number of aromatic nitrogens is 4. The molecule has 6 nitrogen and oxygen atoms in total. The lowest BCUT2D eigenvalue weighted by Gasteiger charge is -2.32. The highest BCUT2D eigenvalue weighted by Crippen LogP contribution is 2.36. The van der Waals surface area contributed by atoms with Gasteiger partial charge in [-0.1, -0.05) is 6.07 Å². The zero-order chi connectivity index (χ0) is 23.1. The first-order valence-electron chi connectivity index (χ1n) is 9.65. The van der Waals surface area contributed by atoms with Crippen molar-refractivity contribution in [3.05, 3.63) is 66.0 Å². The quantitative estimate of drug-likeness (QED) is 0.541. The van der Waals surface area contributed by atoms with Crippen LogP contribution in [0.25, 0.3) is 5.69 Å². The van der Waals surface area contributed by atoms with Gasteiger partial charge in [-0.05, 0) is 31.0 Å². The average Bonchev–Trinajstić information content (AvgIpc) is 3.43. The summed E-state index contributed by atoms with van der Waals surface area (Å²) in [5.74, 6) is -0.861. The maximum absolute atomic E-state index is 13.9. The Morgan fingerprint density at radius 2 is 1.75 bits per heavy atom. The second-order valence-corrected chi connectivity index (χ2v) is 7.40. The topological polar surface area (TPSA) is 56.0 Å². The van der Waals surface area contributed by atoms with E-state index in [1.165, 1.54) is 4.90 Å². The minimum absolute atomic E-state index is 0.0801. The summed E-state index contributed by atoms with van der Waals surface area (Å²) in [7, 11) is 0. The van der Waals surface area contributed by atoms with E-state index in [2.05, 4.69) is 10.1 Å². The van der Waals surface area contributed by atoms with Crippen LogP contribution in [0.5, 0.6) is 0 Å². The molecule has 3 aromatic rings. The number of likely N-dealkylation sites (tertiary alicyclic amines) is 1. The molecule has 1 aliphatic rings. The van der Waals surface area contributed by atoms with Crippen LogP contribution in [0.1, 0.15) is 40.5 Å². The number of imidazole rings is 1. The second kappa shape index (κ2) is 7.99. The van der Waals surface area contributed by atoms with Crippen LogP contribution in [-0.4, -0.2) is 43.2 Å². The Kier molecular flexibility index (Phi) is 5.47. The van der Waals surface area contributed by atoms with Crippen LogP contribution in [0.15, 0.2) is 49.2 Å². The van der Waals surface area contributed by atoms with Gasteiger partial charge in [0.1, 0.15) is 0 Å². The van der Waals surface area contributed by atoms with E-state index in [0.29, 0.717) is 23.6 Å². The van der Waals surface area contributed by atoms with E-state index in [1.807, 2.05) is 4.57 Å². The largest absolute Gasteiger partial charge is 0.434 e. The molecule has 1 fully saturated rings. The molecule has 0 atom stereocenters. The van der Waals surface area contributed by atoms with Crippen molar-refractivity contribution in [2.75, 3.05) is 13.1 Å². The SMILES string of the molecule is O=C(c1cnn(-c2cccc(C(F)(F)F)c2)c1C(F)(F)F)N1CCC(n2ccnc2)CC1. The van der Waals surface area contributed by atoms with E-state index in [-0.39, 0.29) is 19.1 Å². The van der Waals surface area contributed by atoms with Crippen molar-refractivity contribution in [3.8, 4) is 5.69 Å². The summed E-state index contributed by atoms with van der Waals surface area (Å²) in [6.45, 7) is 0.460. The lowest BCUT2D eigenvalue weighted by atomic mass is 10.0. The fraction of sp³-hybridized carbons (Fsp3) is 0.350. The smallest absolute Gasteiger partial charge is 0.338 e. The normalized spacial score (nSPS) is 15.9. The highest BCUT2D eigenvalue weighted by Gasteiger charge is 2.42. The van der Waals surface area contributed by atoms with E-state index in [0.717, 1.165) is 24.4 Å². The third kappa shape index (κ3) is 4.21. The van der Waals surface area contributed by atoms with Crippen LogP contribution < -0.4 is 0 Å². The van der Waals surface area contributed by atoms with Gasteiger partial charge in [0.15, 0.2) is 5.69 Å². The van der Waals surface area contributed by atoms with E-state index in [1.54, 1.807) is 18.7 Å². The Morgan fingerprint density at radius 3 is 2.34 bits per heavy atom. The van der Waals surface area contributed by atoms with Crippen LogP contribution in [0, 0.1) is 0 Å². The van der Waals surface area contributed by atoms with Gasteiger partial charge >= 0.3 is 12.4 Å². The van der Waals surface area contributed by atoms with Gasteiger partial charge in [0.25, 0.3) is 5.91 Å². The van der Waals surface area contributed by atoms with Gasteiger partial charge in [-0.15, -0.1) is 0 Å². The molecule has 1 amide bonds. The number of benzene rings is 1. The maximum Gasteiger partial charge on any atom is 0.434 e. The zero-order valence-electron chi connectivity index (χ0n) is 16.4. The van der Waals surface area contributed by atoms with E-state index < -0.39 is 40.8 Å². The Labute approximate surface area is 178 Å². The van der Waals surface area contributed by atoms with Crippen LogP contribution in [0.2, 0.25) is 0 Å². The van der Waals surface area contributed by atoms with Gasteiger partial charge in [-0.3, -0.25) is 4.79 Å². The molecule has 0 N–H and O–H groups in total. The Hall–Kier alpha value is -3.31. The van der Waals surface area contributed by atoms with Crippen molar-refractivity contribution >= 4 is 5.91 Å². The summed E-state index contributed by atoms with van der Waals surface area (Å²) in [4.78, 5) is 18.2. The number of piperidine rings is 1. The first-order valence-corrected chi connectivity index (χ1v) is 9.65. The molecule has 2 aromatic heterocycles. The van der Waals surface area contributed by atoms with Crippen LogP contribution in [0.3, 0.4) is 0 Å². The summed E-state index contributed by atoms with van der Waals surface area (Å²) in [6, 6.07) is 3.45. The molecule has 170 valence electrons. The van der Waals surface area contributed by atoms with Crippen LogP contribution in [0.4, 0.5) is 26.3 Å². The molecule has 3 heterocycles. The summed E-state index contributed by atoms with van der Waals surface area (Å²) in [5, 5.41) is 3.62. The van der Waals surface area contributed by atoms with Crippen molar-refractivity contribution in [2.24, 2.45) is 0 Å². The summed E-state index contributed by atoms with van der Waals surface area (Å²) >= 11 is 0. The third-order valence-electron chi connectivity index (χ3n) is 5.38. The number of halogens is 6. The minimum Gasteiger partial charge on any atom is -0.338 e. The van der Waals surface area contributed by atoms with Crippen molar-refractivity contribution in [1.29, 1.82) is 0 Å². The van der Waals surface area contributed by atoms with Gasteiger partial charge in [0.2, 0.25) is 0 Å². The molecule has 32 heavy (non-hydrogen) atoms. The molecule has 4 rings (SSSR count). The molecular formula is C20H17F6N5O. The third-order valence-corrected chi connectivity index (χ3v) is 5.38. The van der Waals surface area contributed by atoms with Crippen LogP contribution in [-0.2, 0) is 12.4 Å². The molecule has 0 aliphatic carbocycles. The minimum atomic E-state index is -5.01. The molecule has 1 aromatic carbocycles. The zero-order valence-corrected chi connectivity index (χ0v) is 16.4. The molecule has 0 spiro atoms. The van der Waals surface area contributed by atoms with Gasteiger partial charge in [-0.2, -0.15) is 31.4 Å². The lowest BCUT2D eigenvalue weighted by Crippen LogP contribution is -2.39. The number of amides is 1. The van der Waals surface area contributed by atoms with Gasteiger partial charge in [0.05, 0.1) is 29.3 Å². The van der Waals surface area contributed by atoms with Gasteiger partial charge in [-0.25, -0.2) is 9.67 Å². The van der Waals surface area contributed by atoms with Crippen molar-refractivity contribution < 1.29 is 31.1 Å². The lowest BCUT2D eigenvalue weighted by molar-refractivity contribution is -0.143. The van der Waals surface area contributed by atoms with Crippen molar-refractivity contribution in [2.45, 2.75) is 31.2 Å². The van der Waals surface area contributed by atoms with Crippen molar-refractivity contribution in [1.82, 2.24) is 24.2 Å². The van der Waals surface area contributed by atoms with Crippen molar-refractivity contribution in [3.63, 3.8) is 0 Å². The van der Waals surface area contributed by atoms with Gasteiger partial charge < -0.3 is 9.47 Å². The Bertz CT molecular complexity index is 1090. The molecule has 0 saturated carbocycles. The van der Waals surface area contributed by atoms with E-state index in [9.17, 15) is 31.1 Å². The average molecular weight is 457 g/mol. The molecule has 1 aliphatic heterocycles. The summed E-state index contributed by atoms with van der Waals surface area (Å²) in [5.41, 5.74) is -3.66. The number of rotatable bonds is 3. The number of carbonyl (C=O) groups excluding carboxylic acids is 1. The highest BCUT2D eigenvalue weighted by atomic mass is 19.4. The summed E-state index contributed by atoms with van der Waals surface area (Å²) in [6.07, 6.45) is -2.88. The van der Waals surface area contributed by atoms with Gasteiger partial charge in [0, 0.05) is 31.5 Å². The number of carbonyl (C=O) groups is 1. The first-order chi connectivity index (χ1) is 15.1. The number of alkyl halides is 6. The van der Waals surface area contributed by atoms with Crippen LogP contribution >= 0.6 is 0 Å². The predicted molar refractivity (Wildman–Crippen MR) is 100.0 cm³/mol. The second-order valence-electron chi connectivity index (χ2n) is 7.40. The molecule has 0 radical (unpaired) electrons. The molecule has 12 heteroatoms. The maximum atomic E-state index is 13.9. The molecular weight excluding hydrogens is 440 g/mol. The number of hydrogen-bond donors (Lipinski definition) is 0. The molecule has 0 bridgehead atoms. The molecule has 1 saturated heterocycles. The fourth-order valence-corrected chi connectivity index (χ4v) is 3.81. The highest BCUT2D eigenvalue weighted by molar-refractivity contribution is 5.95. The first kappa shape index (κ1) is 21.9. The Morgan fingerprint density at radius 1 is 1.03 bits per heavy atom. The van der Waals surface area contributed by atoms with E-state index >= 15 is 0 Å². The Balaban J connectivity index is 1.63. The monoisotopic (exact) mass is 457 g/mol. The number of nitrogens with zero attached hydrogens (tertiary/aromatic N) is 5. The fourth-order valence-electron chi connectivity index (χ4n) is 3.81. The predicted octanol–water partition coefficient (Wildman–Crippen LogP) is 4.58. The van der Waals surface area contributed by atoms with E-state index in [4.69, 9.17) is 0 Å². The number of hydrogen-bond acceptors (Lipinski definition) is 3. The summed E-state index contributed by atoms with van der Waals surface area (Å²) < 4.78 is 82.9. The molecule has 0 unspecified atom stereocenters. The standard InChI is InChI=1S/C20H17F6N5O/c21-19(22,23)13-2-1-3-15(10-13)31-17(20(24,25)26)16(11-28-31)18(32)29-7-4-14(5-8-29)30-9-6-27-12-30/h1-3,6,9-12,14H,4-5,7-8H2.